The van der Waals surface area contributed by atoms with E-state index in [1.807, 2.05) is 33.0 Å². The average molecular weight is 180 g/mol. The van der Waals surface area contributed by atoms with Gasteiger partial charge in [-0.25, -0.2) is 0 Å². The number of aryl methyl sites for hydroxylation is 1. The maximum Gasteiger partial charge on any atom is 0.224 e. The quantitative estimate of drug-likeness (QED) is 0.725. The van der Waals surface area contributed by atoms with Gasteiger partial charge in [-0.15, -0.1) is 0 Å². The molecule has 72 valence electrons. The van der Waals surface area contributed by atoms with Crippen LogP contribution in [0.1, 0.15) is 25.1 Å². The Labute approximate surface area is 78.5 Å². The second-order valence-corrected chi connectivity index (χ2v) is 3.59. The molecule has 0 unspecified atom stereocenters. The SMILES string of the molecule is Cc1cc(CC(=O)NC(C)C)c[nH]1. The fourth-order valence-electron chi connectivity index (χ4n) is 1.23. The van der Waals surface area contributed by atoms with Crippen LogP contribution < -0.4 is 5.32 Å². The van der Waals surface area contributed by atoms with Crippen LogP contribution in [0, 0.1) is 6.92 Å². The van der Waals surface area contributed by atoms with Gasteiger partial charge in [-0.3, -0.25) is 4.79 Å². The molecule has 2 N–H and O–H groups in total. The Balaban J connectivity index is 2.45. The molecule has 1 aromatic rings. The van der Waals surface area contributed by atoms with Crippen molar-refractivity contribution in [3.05, 3.63) is 23.5 Å². The number of hydrogen-bond acceptors (Lipinski definition) is 1. The van der Waals surface area contributed by atoms with Gasteiger partial charge in [0.1, 0.15) is 0 Å². The van der Waals surface area contributed by atoms with E-state index in [0.717, 1.165) is 11.3 Å². The second kappa shape index (κ2) is 4.12. The summed E-state index contributed by atoms with van der Waals surface area (Å²) in [6, 6.07) is 2.20. The first kappa shape index (κ1) is 9.84. The molecule has 0 aromatic carbocycles. The zero-order valence-electron chi connectivity index (χ0n) is 8.35. The summed E-state index contributed by atoms with van der Waals surface area (Å²) in [4.78, 5) is 14.4. The molecule has 0 atom stereocenters. The first-order valence-electron chi connectivity index (χ1n) is 4.51. The Kier molecular flexibility index (Phi) is 3.12. The van der Waals surface area contributed by atoms with Gasteiger partial charge in [0.05, 0.1) is 6.42 Å². The maximum absolute atomic E-state index is 11.3. The highest BCUT2D eigenvalue weighted by Gasteiger charge is 2.05. The third-order valence-corrected chi connectivity index (χ3v) is 1.70. The monoisotopic (exact) mass is 180 g/mol. The van der Waals surface area contributed by atoms with Gasteiger partial charge in [0.2, 0.25) is 5.91 Å². The van der Waals surface area contributed by atoms with Crippen molar-refractivity contribution in [1.29, 1.82) is 0 Å². The summed E-state index contributed by atoms with van der Waals surface area (Å²) in [7, 11) is 0. The molecule has 13 heavy (non-hydrogen) atoms. The molecule has 0 saturated heterocycles. The van der Waals surface area contributed by atoms with E-state index in [2.05, 4.69) is 10.3 Å². The molecule has 1 heterocycles. The van der Waals surface area contributed by atoms with Crippen LogP contribution in [0.15, 0.2) is 12.3 Å². The van der Waals surface area contributed by atoms with Crippen LogP contribution in [-0.2, 0) is 11.2 Å². The summed E-state index contributed by atoms with van der Waals surface area (Å²) in [5, 5.41) is 2.85. The van der Waals surface area contributed by atoms with Gasteiger partial charge in [0, 0.05) is 17.9 Å². The third kappa shape index (κ3) is 3.32. The number of rotatable bonds is 3. The van der Waals surface area contributed by atoms with Crippen molar-refractivity contribution in [3.63, 3.8) is 0 Å². The molecule has 0 aliphatic carbocycles. The smallest absolute Gasteiger partial charge is 0.224 e. The van der Waals surface area contributed by atoms with E-state index in [-0.39, 0.29) is 11.9 Å². The lowest BCUT2D eigenvalue weighted by Crippen LogP contribution is -2.31. The summed E-state index contributed by atoms with van der Waals surface area (Å²) in [6.45, 7) is 5.89. The molecule has 1 aromatic heterocycles. The summed E-state index contributed by atoms with van der Waals surface area (Å²) < 4.78 is 0. The van der Waals surface area contributed by atoms with E-state index < -0.39 is 0 Å². The zero-order chi connectivity index (χ0) is 9.84. The van der Waals surface area contributed by atoms with E-state index in [9.17, 15) is 4.79 Å². The zero-order valence-corrected chi connectivity index (χ0v) is 8.35. The number of hydrogen-bond donors (Lipinski definition) is 2. The Morgan fingerprint density at radius 2 is 2.31 bits per heavy atom. The summed E-state index contributed by atoms with van der Waals surface area (Å²) in [5.41, 5.74) is 2.13. The van der Waals surface area contributed by atoms with Crippen LogP contribution in [-0.4, -0.2) is 16.9 Å². The number of H-pyrrole nitrogens is 1. The van der Waals surface area contributed by atoms with Gasteiger partial charge in [-0.2, -0.15) is 0 Å². The van der Waals surface area contributed by atoms with Crippen molar-refractivity contribution < 1.29 is 4.79 Å². The Morgan fingerprint density at radius 3 is 2.77 bits per heavy atom. The lowest BCUT2D eigenvalue weighted by molar-refractivity contribution is -0.120. The van der Waals surface area contributed by atoms with Crippen LogP contribution in [0.25, 0.3) is 0 Å². The van der Waals surface area contributed by atoms with Gasteiger partial charge in [0.15, 0.2) is 0 Å². The number of aromatic amines is 1. The molecule has 0 aliphatic heterocycles. The van der Waals surface area contributed by atoms with Crippen molar-refractivity contribution in [2.75, 3.05) is 0 Å². The Hall–Kier alpha value is -1.25. The second-order valence-electron chi connectivity index (χ2n) is 3.59. The van der Waals surface area contributed by atoms with Crippen molar-refractivity contribution >= 4 is 5.91 Å². The van der Waals surface area contributed by atoms with Crippen LogP contribution >= 0.6 is 0 Å². The van der Waals surface area contributed by atoms with Gasteiger partial charge < -0.3 is 10.3 Å². The first-order chi connectivity index (χ1) is 6.08. The van der Waals surface area contributed by atoms with Gasteiger partial charge in [0.25, 0.3) is 0 Å². The molecule has 0 saturated carbocycles. The van der Waals surface area contributed by atoms with E-state index in [1.54, 1.807) is 0 Å². The number of amides is 1. The molecule has 3 nitrogen and oxygen atoms in total. The number of carbonyl (C=O) groups is 1. The van der Waals surface area contributed by atoms with Gasteiger partial charge >= 0.3 is 0 Å². The summed E-state index contributed by atoms with van der Waals surface area (Å²) in [5.74, 6) is 0.0778. The van der Waals surface area contributed by atoms with Gasteiger partial charge in [-0.1, -0.05) is 0 Å². The molecular weight excluding hydrogens is 164 g/mol. The molecule has 0 radical (unpaired) electrons. The van der Waals surface area contributed by atoms with E-state index in [4.69, 9.17) is 0 Å². The van der Waals surface area contributed by atoms with Crippen LogP contribution in [0.2, 0.25) is 0 Å². The highest BCUT2D eigenvalue weighted by Crippen LogP contribution is 2.02. The van der Waals surface area contributed by atoms with Crippen molar-refractivity contribution in [2.24, 2.45) is 0 Å². The van der Waals surface area contributed by atoms with Crippen molar-refractivity contribution in [3.8, 4) is 0 Å². The fraction of sp³-hybridized carbons (Fsp3) is 0.500. The molecule has 0 spiro atoms. The molecule has 0 fully saturated rings. The molecule has 1 amide bonds. The lowest BCUT2D eigenvalue weighted by Gasteiger charge is -2.06. The Bertz CT molecular complexity index is 289. The van der Waals surface area contributed by atoms with E-state index in [1.165, 1.54) is 0 Å². The predicted molar refractivity (Wildman–Crippen MR) is 52.5 cm³/mol. The minimum atomic E-state index is 0.0778. The number of aromatic nitrogens is 1. The molecule has 0 bridgehead atoms. The lowest BCUT2D eigenvalue weighted by atomic mass is 10.2. The number of carbonyl (C=O) groups excluding carboxylic acids is 1. The molecule has 1 rings (SSSR count). The third-order valence-electron chi connectivity index (χ3n) is 1.70. The summed E-state index contributed by atoms with van der Waals surface area (Å²) >= 11 is 0. The fourth-order valence-corrected chi connectivity index (χ4v) is 1.23. The van der Waals surface area contributed by atoms with Crippen LogP contribution in [0.5, 0.6) is 0 Å². The standard InChI is InChI=1S/C10H16N2O/c1-7(2)12-10(13)5-9-4-8(3)11-6-9/h4,6-7,11H,5H2,1-3H3,(H,12,13). The van der Waals surface area contributed by atoms with E-state index >= 15 is 0 Å². The van der Waals surface area contributed by atoms with Crippen LogP contribution in [0.3, 0.4) is 0 Å². The Morgan fingerprint density at radius 1 is 1.62 bits per heavy atom. The first-order valence-corrected chi connectivity index (χ1v) is 4.51. The largest absolute Gasteiger partial charge is 0.365 e. The van der Waals surface area contributed by atoms with Crippen LogP contribution in [0.4, 0.5) is 0 Å². The predicted octanol–water partition coefficient (Wildman–Crippen LogP) is 1.39. The molecular formula is C10H16N2O. The topological polar surface area (TPSA) is 44.9 Å². The normalized spacial score (nSPS) is 10.5. The minimum absolute atomic E-state index is 0.0778. The molecule has 0 aliphatic rings. The highest BCUT2D eigenvalue weighted by molar-refractivity contribution is 5.78. The number of nitrogens with one attached hydrogen (secondary N) is 2. The van der Waals surface area contributed by atoms with E-state index in [0.29, 0.717) is 6.42 Å². The molecule has 3 heteroatoms. The van der Waals surface area contributed by atoms with Crippen molar-refractivity contribution in [1.82, 2.24) is 10.3 Å². The highest BCUT2D eigenvalue weighted by atomic mass is 16.1. The summed E-state index contributed by atoms with van der Waals surface area (Å²) in [6.07, 6.45) is 2.33. The van der Waals surface area contributed by atoms with Crippen molar-refractivity contribution in [2.45, 2.75) is 33.2 Å². The van der Waals surface area contributed by atoms with Gasteiger partial charge in [-0.05, 0) is 32.4 Å². The minimum Gasteiger partial charge on any atom is -0.365 e. The average Bonchev–Trinajstić information content (AvgIpc) is 2.33. The maximum atomic E-state index is 11.3.